The van der Waals surface area contributed by atoms with Crippen molar-refractivity contribution in [2.24, 2.45) is 11.8 Å². The number of aryl methyl sites for hydroxylation is 1. The highest BCUT2D eigenvalue weighted by molar-refractivity contribution is 6.24. The van der Waals surface area contributed by atoms with E-state index >= 15 is 0 Å². The molecule has 2 amide bonds. The van der Waals surface area contributed by atoms with Gasteiger partial charge in [-0.1, -0.05) is 30.3 Å². The summed E-state index contributed by atoms with van der Waals surface area (Å²) in [6, 6.07) is 9.60. The van der Waals surface area contributed by atoms with Crippen molar-refractivity contribution in [3.63, 3.8) is 0 Å². The quantitative estimate of drug-likeness (QED) is 0.733. The van der Waals surface area contributed by atoms with Crippen molar-refractivity contribution in [3.05, 3.63) is 77.4 Å². The topological polar surface area (TPSA) is 57.7 Å². The molecule has 3 aliphatic heterocycles. The maximum Gasteiger partial charge on any atom is 0.239 e. The van der Waals surface area contributed by atoms with E-state index < -0.39 is 47.4 Å². The minimum atomic E-state index is -0.922. The van der Waals surface area contributed by atoms with Crippen molar-refractivity contribution in [1.82, 2.24) is 4.90 Å². The van der Waals surface area contributed by atoms with Gasteiger partial charge in [-0.25, -0.2) is 13.7 Å². The molecule has 0 aromatic heterocycles. The van der Waals surface area contributed by atoms with E-state index in [1.54, 1.807) is 41.3 Å². The minimum absolute atomic E-state index is 0.159. The zero-order valence-corrected chi connectivity index (χ0v) is 16.1. The van der Waals surface area contributed by atoms with Crippen LogP contribution in [0.25, 0.3) is 0 Å². The largest absolute Gasteiger partial charge is 0.293 e. The summed E-state index contributed by atoms with van der Waals surface area (Å²) < 4.78 is 29.0. The average Bonchev–Trinajstić information content (AvgIpc) is 3.13. The van der Waals surface area contributed by atoms with Crippen LogP contribution in [-0.2, 0) is 20.9 Å². The third-order valence-corrected chi connectivity index (χ3v) is 6.33. The molecule has 5 nitrogen and oxygen atoms in total. The van der Waals surface area contributed by atoms with Gasteiger partial charge in [-0.15, -0.1) is 0 Å². The molecule has 3 aliphatic rings. The number of carbonyl (C=O) groups is 3. The van der Waals surface area contributed by atoms with Crippen LogP contribution >= 0.6 is 0 Å². The summed E-state index contributed by atoms with van der Waals surface area (Å²) in [5.74, 6) is -4.20. The molecule has 2 aromatic rings. The van der Waals surface area contributed by atoms with E-state index in [-0.39, 0.29) is 17.9 Å². The highest BCUT2D eigenvalue weighted by Gasteiger charge is 2.64. The summed E-state index contributed by atoms with van der Waals surface area (Å²) in [6.07, 6.45) is 2.95. The normalized spacial score (nSPS) is 27.8. The standard InChI is InChI=1S/C23H18F2N2O3/c1-12-7-8-15(24)14(20(12)25)11-26-16-9-10-17(28)21(26)19-18(16)22(29)27(23(19)30)13-5-3-2-4-6-13/h2-10,16,18-19,21H,11H2,1H3/t16-,18-,19-,21+/m0/s1. The van der Waals surface area contributed by atoms with Gasteiger partial charge in [-0.05, 0) is 36.8 Å². The third kappa shape index (κ3) is 2.51. The van der Waals surface area contributed by atoms with Gasteiger partial charge in [0.1, 0.15) is 11.6 Å². The monoisotopic (exact) mass is 408 g/mol. The molecule has 2 saturated heterocycles. The highest BCUT2D eigenvalue weighted by Crippen LogP contribution is 2.47. The number of nitrogens with zero attached hydrogens (tertiary/aromatic N) is 2. The van der Waals surface area contributed by atoms with Crippen LogP contribution in [0.5, 0.6) is 0 Å². The van der Waals surface area contributed by atoms with Crippen LogP contribution in [-0.4, -0.2) is 34.6 Å². The number of ketones is 1. The molecule has 3 heterocycles. The van der Waals surface area contributed by atoms with Crippen LogP contribution in [0.3, 0.4) is 0 Å². The van der Waals surface area contributed by atoms with E-state index in [1.807, 2.05) is 0 Å². The van der Waals surface area contributed by atoms with Gasteiger partial charge in [0.15, 0.2) is 5.78 Å². The van der Waals surface area contributed by atoms with E-state index in [0.29, 0.717) is 11.3 Å². The lowest BCUT2D eigenvalue weighted by atomic mass is 9.90. The molecule has 4 atom stereocenters. The fourth-order valence-electron chi connectivity index (χ4n) is 4.94. The number of benzene rings is 2. The van der Waals surface area contributed by atoms with Crippen molar-refractivity contribution in [2.45, 2.75) is 25.6 Å². The van der Waals surface area contributed by atoms with E-state index in [1.165, 1.54) is 25.1 Å². The van der Waals surface area contributed by atoms with Crippen molar-refractivity contribution in [2.75, 3.05) is 4.90 Å². The maximum absolute atomic E-state index is 14.6. The number of anilines is 1. The molecule has 2 bridgehead atoms. The van der Waals surface area contributed by atoms with Crippen LogP contribution in [0.15, 0.2) is 54.6 Å². The van der Waals surface area contributed by atoms with Gasteiger partial charge in [-0.3, -0.25) is 19.3 Å². The van der Waals surface area contributed by atoms with Crippen molar-refractivity contribution in [1.29, 1.82) is 0 Å². The Bertz CT molecular complexity index is 1110. The predicted molar refractivity (Wildman–Crippen MR) is 104 cm³/mol. The third-order valence-electron chi connectivity index (χ3n) is 6.33. The van der Waals surface area contributed by atoms with Crippen LogP contribution in [0, 0.1) is 30.4 Å². The SMILES string of the molecule is Cc1ccc(F)c(CN2[C@@H]3C(=O)C=C[C@H]2[C@@H]2C(=O)N(c4ccccc4)C(=O)[C@@H]23)c1F. The predicted octanol–water partition coefficient (Wildman–Crippen LogP) is 2.77. The molecule has 7 heteroatoms. The Hall–Kier alpha value is -3.19. The second-order valence-electron chi connectivity index (χ2n) is 7.93. The lowest BCUT2D eigenvalue weighted by Gasteiger charge is -2.33. The van der Waals surface area contributed by atoms with E-state index in [2.05, 4.69) is 0 Å². The average molecular weight is 408 g/mol. The summed E-state index contributed by atoms with van der Waals surface area (Å²) in [6.45, 7) is 1.34. The molecule has 30 heavy (non-hydrogen) atoms. The molecular weight excluding hydrogens is 390 g/mol. The van der Waals surface area contributed by atoms with Crippen LogP contribution < -0.4 is 4.90 Å². The van der Waals surface area contributed by atoms with Crippen molar-refractivity contribution >= 4 is 23.3 Å². The van der Waals surface area contributed by atoms with E-state index in [4.69, 9.17) is 0 Å². The summed E-state index contributed by atoms with van der Waals surface area (Å²) in [7, 11) is 0. The summed E-state index contributed by atoms with van der Waals surface area (Å²) >= 11 is 0. The Morgan fingerprint density at radius 3 is 2.37 bits per heavy atom. The second kappa shape index (κ2) is 6.67. The molecule has 2 fully saturated rings. The first-order chi connectivity index (χ1) is 14.4. The van der Waals surface area contributed by atoms with Gasteiger partial charge >= 0.3 is 0 Å². The minimum Gasteiger partial charge on any atom is -0.293 e. The second-order valence-corrected chi connectivity index (χ2v) is 7.93. The van der Waals surface area contributed by atoms with Crippen molar-refractivity contribution in [3.8, 4) is 0 Å². The molecule has 0 spiro atoms. The van der Waals surface area contributed by atoms with Gasteiger partial charge in [0, 0.05) is 18.2 Å². The summed E-state index contributed by atoms with van der Waals surface area (Å²) in [5, 5.41) is 0. The highest BCUT2D eigenvalue weighted by atomic mass is 19.1. The molecule has 0 aliphatic carbocycles. The van der Waals surface area contributed by atoms with Gasteiger partial charge in [-0.2, -0.15) is 0 Å². The smallest absolute Gasteiger partial charge is 0.239 e. The summed E-state index contributed by atoms with van der Waals surface area (Å²) in [5.41, 5.74) is 0.590. The Labute approximate surface area is 171 Å². The van der Waals surface area contributed by atoms with Gasteiger partial charge in [0.2, 0.25) is 11.8 Å². The van der Waals surface area contributed by atoms with E-state index in [9.17, 15) is 23.2 Å². The van der Waals surface area contributed by atoms with Crippen LogP contribution in [0.4, 0.5) is 14.5 Å². The molecule has 2 aromatic carbocycles. The molecule has 152 valence electrons. The number of imide groups is 1. The molecule has 0 unspecified atom stereocenters. The first-order valence-corrected chi connectivity index (χ1v) is 9.74. The van der Waals surface area contributed by atoms with Crippen LogP contribution in [0.1, 0.15) is 11.1 Å². The summed E-state index contributed by atoms with van der Waals surface area (Å²) in [4.78, 5) is 41.9. The lowest BCUT2D eigenvalue weighted by molar-refractivity contribution is -0.129. The number of fused-ring (bicyclic) bond motifs is 5. The Morgan fingerprint density at radius 1 is 0.933 bits per heavy atom. The molecule has 0 saturated carbocycles. The first-order valence-electron chi connectivity index (χ1n) is 9.74. The molecule has 0 radical (unpaired) electrons. The van der Waals surface area contributed by atoms with E-state index in [0.717, 1.165) is 4.90 Å². The zero-order chi connectivity index (χ0) is 21.2. The van der Waals surface area contributed by atoms with Gasteiger partial charge < -0.3 is 0 Å². The number of carbonyl (C=O) groups excluding carboxylic acids is 3. The Balaban J connectivity index is 1.54. The number of para-hydroxylation sites is 1. The molecular formula is C23H18F2N2O3. The number of rotatable bonds is 3. The number of hydrogen-bond acceptors (Lipinski definition) is 4. The molecule has 5 rings (SSSR count). The first kappa shape index (κ1) is 18.8. The van der Waals surface area contributed by atoms with Gasteiger partial charge in [0.25, 0.3) is 0 Å². The number of halogens is 2. The number of hydrogen-bond donors (Lipinski definition) is 0. The zero-order valence-electron chi connectivity index (χ0n) is 16.1. The Morgan fingerprint density at radius 2 is 1.63 bits per heavy atom. The fraction of sp³-hybridized carbons (Fsp3) is 0.261. The van der Waals surface area contributed by atoms with Crippen molar-refractivity contribution < 1.29 is 23.2 Å². The number of amides is 2. The van der Waals surface area contributed by atoms with Gasteiger partial charge in [0.05, 0.1) is 23.6 Å². The lowest BCUT2D eigenvalue weighted by Crippen LogP contribution is -2.49. The van der Waals surface area contributed by atoms with Crippen LogP contribution in [0.2, 0.25) is 0 Å². The molecule has 0 N–H and O–H groups in total. The fourth-order valence-corrected chi connectivity index (χ4v) is 4.94. The maximum atomic E-state index is 14.6. The Kier molecular flexibility index (Phi) is 4.18.